The molecule has 1 aliphatic rings. The summed E-state index contributed by atoms with van der Waals surface area (Å²) in [6.45, 7) is 0. The van der Waals surface area contributed by atoms with Crippen molar-refractivity contribution < 1.29 is 0 Å². The van der Waals surface area contributed by atoms with Gasteiger partial charge < -0.3 is 5.84 Å². The second-order valence-corrected chi connectivity index (χ2v) is 6.76. The van der Waals surface area contributed by atoms with E-state index in [4.69, 9.17) is 17.4 Å². The van der Waals surface area contributed by atoms with Gasteiger partial charge in [-0.25, -0.2) is 10.1 Å². The van der Waals surface area contributed by atoms with E-state index >= 15 is 0 Å². The second-order valence-electron chi connectivity index (χ2n) is 5.41. The molecule has 0 radical (unpaired) electrons. The van der Waals surface area contributed by atoms with Gasteiger partial charge in [-0.3, -0.25) is 0 Å². The first-order valence-electron chi connectivity index (χ1n) is 7.62. The Balaban J connectivity index is 1.61. The quantitative estimate of drug-likeness (QED) is 0.488. The molecular formula is C15H19ClN6S. The van der Waals surface area contributed by atoms with Gasteiger partial charge in [-0.15, -0.1) is 10.2 Å². The zero-order chi connectivity index (χ0) is 16.1. The summed E-state index contributed by atoms with van der Waals surface area (Å²) in [5, 5.41) is 13.9. The number of aromatic nitrogens is 3. The minimum absolute atomic E-state index is 0.449. The summed E-state index contributed by atoms with van der Waals surface area (Å²) < 4.78 is 1.42. The highest BCUT2D eigenvalue weighted by Crippen LogP contribution is 2.25. The van der Waals surface area contributed by atoms with Gasteiger partial charge in [-0.2, -0.15) is 5.10 Å². The van der Waals surface area contributed by atoms with E-state index in [2.05, 4.69) is 20.7 Å². The molecule has 8 heteroatoms. The fraction of sp³-hybridized carbons (Fsp3) is 0.400. The average molecular weight is 351 g/mol. The topological polar surface area (TPSA) is 81.1 Å². The average Bonchev–Trinajstić information content (AvgIpc) is 2.93. The SMILES string of the molecule is Nn1c(NN=C2CCCCC2)nnc1SCc1ccccc1Cl. The second kappa shape index (κ2) is 7.70. The van der Waals surface area contributed by atoms with Crippen LogP contribution < -0.4 is 11.3 Å². The number of rotatable bonds is 5. The van der Waals surface area contributed by atoms with Gasteiger partial charge in [0.05, 0.1) is 0 Å². The van der Waals surface area contributed by atoms with Gasteiger partial charge in [0.15, 0.2) is 0 Å². The summed E-state index contributed by atoms with van der Waals surface area (Å²) in [5.41, 5.74) is 5.14. The molecule has 0 bridgehead atoms. The Morgan fingerprint density at radius 1 is 1.22 bits per heavy atom. The number of hydrogen-bond donors (Lipinski definition) is 2. The van der Waals surface area contributed by atoms with E-state index in [0.29, 0.717) is 16.9 Å². The van der Waals surface area contributed by atoms with E-state index in [9.17, 15) is 0 Å². The lowest BCUT2D eigenvalue weighted by atomic mass is 9.99. The molecule has 2 aromatic rings. The lowest BCUT2D eigenvalue weighted by Crippen LogP contribution is -2.14. The van der Waals surface area contributed by atoms with Crippen molar-refractivity contribution in [1.29, 1.82) is 0 Å². The number of nitrogens with zero attached hydrogens (tertiary/aromatic N) is 4. The smallest absolute Gasteiger partial charge is 0.264 e. The minimum atomic E-state index is 0.449. The van der Waals surface area contributed by atoms with Crippen LogP contribution >= 0.6 is 23.4 Å². The Kier molecular flexibility index (Phi) is 5.40. The number of benzene rings is 1. The molecule has 1 heterocycles. The van der Waals surface area contributed by atoms with Gasteiger partial charge in [-0.1, -0.05) is 48.0 Å². The van der Waals surface area contributed by atoms with Gasteiger partial charge in [0, 0.05) is 16.5 Å². The number of halogens is 1. The third kappa shape index (κ3) is 4.17. The Hall–Kier alpha value is -1.73. The molecule has 122 valence electrons. The van der Waals surface area contributed by atoms with Crippen LogP contribution in [0.4, 0.5) is 5.95 Å². The summed E-state index contributed by atoms with van der Waals surface area (Å²) in [6.07, 6.45) is 5.78. The number of nitrogens with two attached hydrogens (primary N) is 1. The molecular weight excluding hydrogens is 332 g/mol. The Labute approximate surface area is 144 Å². The zero-order valence-corrected chi connectivity index (χ0v) is 14.3. The Morgan fingerprint density at radius 2 is 2.00 bits per heavy atom. The van der Waals surface area contributed by atoms with E-state index in [0.717, 1.165) is 23.4 Å². The molecule has 0 amide bonds. The van der Waals surface area contributed by atoms with Crippen molar-refractivity contribution in [1.82, 2.24) is 14.9 Å². The van der Waals surface area contributed by atoms with Crippen molar-refractivity contribution in [2.24, 2.45) is 5.10 Å². The fourth-order valence-corrected chi connectivity index (χ4v) is 3.55. The molecule has 1 aromatic heterocycles. The largest absolute Gasteiger partial charge is 0.334 e. The number of hydrazone groups is 1. The molecule has 3 N–H and O–H groups in total. The van der Waals surface area contributed by atoms with Gasteiger partial charge in [0.1, 0.15) is 0 Å². The molecule has 1 aliphatic carbocycles. The summed E-state index contributed by atoms with van der Waals surface area (Å²) in [4.78, 5) is 0. The van der Waals surface area contributed by atoms with Crippen molar-refractivity contribution in [3.05, 3.63) is 34.9 Å². The molecule has 0 aliphatic heterocycles. The maximum absolute atomic E-state index is 6.15. The maximum Gasteiger partial charge on any atom is 0.264 e. The molecule has 1 fully saturated rings. The fourth-order valence-electron chi connectivity index (χ4n) is 2.41. The summed E-state index contributed by atoms with van der Waals surface area (Å²) in [6, 6.07) is 7.73. The molecule has 1 saturated carbocycles. The van der Waals surface area contributed by atoms with Gasteiger partial charge in [0.25, 0.3) is 5.95 Å². The van der Waals surface area contributed by atoms with Gasteiger partial charge in [0.2, 0.25) is 5.16 Å². The van der Waals surface area contributed by atoms with E-state index < -0.39 is 0 Å². The van der Waals surface area contributed by atoms with E-state index in [-0.39, 0.29) is 0 Å². The summed E-state index contributed by atoms with van der Waals surface area (Å²) in [7, 11) is 0. The first kappa shape index (κ1) is 16.1. The number of thioether (sulfide) groups is 1. The third-order valence-corrected chi connectivity index (χ3v) is 5.08. The molecule has 0 saturated heterocycles. The highest BCUT2D eigenvalue weighted by atomic mass is 35.5. The van der Waals surface area contributed by atoms with Crippen molar-refractivity contribution >= 4 is 35.0 Å². The predicted molar refractivity (Wildman–Crippen MR) is 95.3 cm³/mol. The van der Waals surface area contributed by atoms with Crippen molar-refractivity contribution in [2.75, 3.05) is 11.3 Å². The maximum atomic E-state index is 6.15. The van der Waals surface area contributed by atoms with Crippen molar-refractivity contribution in [2.45, 2.75) is 43.0 Å². The van der Waals surface area contributed by atoms with Crippen molar-refractivity contribution in [3.63, 3.8) is 0 Å². The lowest BCUT2D eigenvalue weighted by molar-refractivity contribution is 0.665. The highest BCUT2D eigenvalue weighted by molar-refractivity contribution is 7.98. The molecule has 6 nitrogen and oxygen atoms in total. The van der Waals surface area contributed by atoms with Crippen molar-refractivity contribution in [3.8, 4) is 0 Å². The van der Waals surface area contributed by atoms with Crippen LogP contribution in [0.15, 0.2) is 34.5 Å². The van der Waals surface area contributed by atoms with E-state index in [1.165, 1.54) is 41.4 Å². The number of hydrogen-bond acceptors (Lipinski definition) is 6. The predicted octanol–water partition coefficient (Wildman–Crippen LogP) is 3.67. The van der Waals surface area contributed by atoms with Gasteiger partial charge in [-0.05, 0) is 37.3 Å². The van der Waals surface area contributed by atoms with E-state index in [1.807, 2.05) is 24.3 Å². The normalized spacial score (nSPS) is 14.7. The molecule has 0 spiro atoms. The molecule has 1 aromatic carbocycles. The molecule has 0 unspecified atom stereocenters. The van der Waals surface area contributed by atoms with Crippen LogP contribution in [-0.2, 0) is 5.75 Å². The van der Waals surface area contributed by atoms with Crippen LogP contribution in [0.1, 0.15) is 37.7 Å². The Morgan fingerprint density at radius 3 is 2.78 bits per heavy atom. The van der Waals surface area contributed by atoms with Crippen LogP contribution in [0, 0.1) is 0 Å². The minimum Gasteiger partial charge on any atom is -0.334 e. The van der Waals surface area contributed by atoms with Crippen LogP contribution in [0.2, 0.25) is 5.02 Å². The first-order valence-corrected chi connectivity index (χ1v) is 8.98. The van der Waals surface area contributed by atoms with E-state index in [1.54, 1.807) is 0 Å². The monoisotopic (exact) mass is 350 g/mol. The van der Waals surface area contributed by atoms with Crippen LogP contribution in [0.3, 0.4) is 0 Å². The summed E-state index contributed by atoms with van der Waals surface area (Å²) >= 11 is 7.64. The Bertz CT molecular complexity index is 691. The molecule has 3 rings (SSSR count). The lowest BCUT2D eigenvalue weighted by Gasteiger charge is -2.12. The van der Waals surface area contributed by atoms with Crippen LogP contribution in [0.25, 0.3) is 0 Å². The number of nitrogens with one attached hydrogen (secondary N) is 1. The standard InChI is InChI=1S/C15H19ClN6S/c16-13-9-5-4-6-11(13)10-23-15-21-20-14(22(15)17)19-18-12-7-2-1-3-8-12/h4-6,9H,1-3,7-8,10,17H2,(H,19,20). The van der Waals surface area contributed by atoms with Crippen LogP contribution in [0.5, 0.6) is 0 Å². The molecule has 0 atom stereocenters. The third-order valence-electron chi connectivity index (χ3n) is 3.72. The first-order chi connectivity index (χ1) is 11.2. The van der Waals surface area contributed by atoms with Crippen LogP contribution in [-0.4, -0.2) is 20.6 Å². The zero-order valence-electron chi connectivity index (χ0n) is 12.7. The number of anilines is 1. The number of nitrogen functional groups attached to an aromatic ring is 1. The molecule has 23 heavy (non-hydrogen) atoms. The summed E-state index contributed by atoms with van der Waals surface area (Å²) in [5.74, 6) is 7.16. The highest BCUT2D eigenvalue weighted by Gasteiger charge is 2.12. The van der Waals surface area contributed by atoms with Gasteiger partial charge >= 0.3 is 0 Å².